The van der Waals surface area contributed by atoms with Gasteiger partial charge < -0.3 is 0 Å². The van der Waals surface area contributed by atoms with Gasteiger partial charge in [0.15, 0.2) is 0 Å². The van der Waals surface area contributed by atoms with Crippen molar-refractivity contribution in [1.82, 2.24) is 5.32 Å². The Hall–Kier alpha value is -1.51. The Morgan fingerprint density at radius 3 is 2.50 bits per heavy atom. The molecule has 2 amide bonds. The van der Waals surface area contributed by atoms with Crippen molar-refractivity contribution < 1.29 is 30.1 Å². The van der Waals surface area contributed by atoms with Crippen molar-refractivity contribution in [1.29, 1.82) is 0 Å². The van der Waals surface area contributed by atoms with E-state index in [1.165, 1.54) is 12.1 Å². The second-order valence-electron chi connectivity index (χ2n) is 3.04. The maximum atomic E-state index is 11.3. The molecule has 0 saturated carbocycles. The minimum atomic E-state index is -4.14. The van der Waals surface area contributed by atoms with E-state index in [2.05, 4.69) is 5.32 Å². The Labute approximate surface area is 79.8 Å². The molecule has 1 aromatic carbocycles. The summed E-state index contributed by atoms with van der Waals surface area (Å²) in [6.07, 6.45) is 0. The summed E-state index contributed by atoms with van der Waals surface area (Å²) in [6.45, 7) is 0. The van der Waals surface area contributed by atoms with Crippen molar-refractivity contribution in [3.8, 4) is 0 Å². The van der Waals surface area contributed by atoms with Crippen molar-refractivity contribution in [2.24, 2.45) is 0 Å². The molecule has 2 aliphatic rings. The van der Waals surface area contributed by atoms with E-state index in [9.17, 15) is 17.2 Å². The number of amides is 2. The molecule has 0 bridgehead atoms. The molecule has 0 aliphatic carbocycles. The quantitative estimate of drug-likeness (QED) is 0.524. The Kier molecular flexibility index (Phi) is 1.09. The molecule has 69 valence electrons. The molecule has 5 nitrogen and oxygen atoms in total. The third kappa shape index (κ3) is 0.673. The molecule has 0 N–H and O–H groups in total. The van der Waals surface area contributed by atoms with Crippen molar-refractivity contribution >= 4 is 20.7 Å². The van der Waals surface area contributed by atoms with Gasteiger partial charge in [0.25, 0.3) is 0 Å². The van der Waals surface area contributed by atoms with Crippen LogP contribution in [0.4, 0.5) is 0 Å². The molecular weight excluding hydrogens is 226 g/mol. The van der Waals surface area contributed by atoms with Crippen molar-refractivity contribution in [2.75, 3.05) is 0 Å². The predicted octanol–water partition coefficient (Wildman–Crippen LogP) is -1.31. The van der Waals surface area contributed by atoms with E-state index in [1.807, 2.05) is 0 Å². The summed E-state index contributed by atoms with van der Waals surface area (Å²) in [5.41, 5.74) is 0.0945. The summed E-state index contributed by atoms with van der Waals surface area (Å²) in [4.78, 5) is 22.3. The molecule has 0 saturated heterocycles. The zero-order chi connectivity index (χ0) is 10.1. The number of fused-ring (bicyclic) bond motifs is 3. The van der Waals surface area contributed by atoms with E-state index in [0.29, 0.717) is 0 Å². The molecule has 0 unspecified atom stereocenters. The fourth-order valence-corrected chi connectivity index (χ4v) is 4.06. The molecule has 14 heavy (non-hydrogen) atoms. The second kappa shape index (κ2) is 1.95. The number of benzene rings is 1. The molecule has 1 radical (unpaired) electrons. The van der Waals surface area contributed by atoms with E-state index in [4.69, 9.17) is 0 Å². The summed E-state index contributed by atoms with van der Waals surface area (Å²) in [6, 6.07) is 2.71. The van der Waals surface area contributed by atoms with Crippen LogP contribution >= 0.6 is 0 Å². The summed E-state index contributed by atoms with van der Waals surface area (Å²) >= 11 is -4.14. The number of hydrogen-bond donors (Lipinski definition) is 0. The van der Waals surface area contributed by atoms with E-state index in [1.54, 1.807) is 0 Å². The summed E-state index contributed by atoms with van der Waals surface area (Å²) in [5.74, 6) is -1.37. The number of carbonyl (C=O) groups excluding carboxylic acids is 2. The van der Waals surface area contributed by atoms with Crippen LogP contribution in [-0.4, -0.2) is 11.8 Å². The van der Waals surface area contributed by atoms with Crippen molar-refractivity contribution in [3.63, 3.8) is 0 Å². The Morgan fingerprint density at radius 2 is 1.79 bits per heavy atom. The third-order valence-corrected chi connectivity index (χ3v) is 4.90. The second-order valence-corrected chi connectivity index (χ2v) is 5.94. The number of rotatable bonds is 0. The van der Waals surface area contributed by atoms with Crippen molar-refractivity contribution in [3.05, 3.63) is 23.3 Å². The van der Waals surface area contributed by atoms with Crippen LogP contribution in [0.5, 0.6) is 0 Å². The van der Waals surface area contributed by atoms with Gasteiger partial charge in [-0.2, -0.15) is 0 Å². The van der Waals surface area contributed by atoms with Crippen LogP contribution in [0.15, 0.2) is 12.1 Å². The minimum absolute atomic E-state index is 0.0162. The average molecular weight is 228 g/mol. The first-order valence-electron chi connectivity index (χ1n) is 3.76. The fraction of sp³-hybridized carbons (Fsp3) is 0. The molecule has 0 spiro atoms. The SMILES string of the molecule is O=C1[N]C(=O)c2c1cc[c]1[c]2[Cr]1(=[O])=[O]. The number of nitrogens with zero attached hydrogens (tertiary/aromatic N) is 1. The van der Waals surface area contributed by atoms with Crippen LogP contribution in [0.25, 0.3) is 0 Å². The van der Waals surface area contributed by atoms with E-state index in [0.717, 1.165) is 0 Å². The Morgan fingerprint density at radius 1 is 1.07 bits per heavy atom. The molecule has 0 atom stereocenters. The molecule has 2 aliphatic heterocycles. The van der Waals surface area contributed by atoms with Crippen LogP contribution in [0.1, 0.15) is 20.7 Å². The van der Waals surface area contributed by atoms with E-state index >= 15 is 0 Å². The van der Waals surface area contributed by atoms with Gasteiger partial charge in [-0.05, 0) is 0 Å². The Balaban J connectivity index is 2.45. The molecular formula is C8H2CrNO4. The van der Waals surface area contributed by atoms with Gasteiger partial charge in [-0.15, -0.1) is 0 Å². The Bertz CT molecular complexity index is 614. The zero-order valence-corrected chi connectivity index (χ0v) is 7.92. The van der Waals surface area contributed by atoms with Gasteiger partial charge in [0.2, 0.25) is 0 Å². The van der Waals surface area contributed by atoms with Crippen LogP contribution in [0.2, 0.25) is 0 Å². The van der Waals surface area contributed by atoms with Crippen LogP contribution in [-0.2, 0) is 20.6 Å². The average Bonchev–Trinajstić information content (AvgIpc) is 2.54. The first kappa shape index (κ1) is 7.86. The van der Waals surface area contributed by atoms with Crippen LogP contribution in [0.3, 0.4) is 0 Å². The third-order valence-electron chi connectivity index (χ3n) is 2.29. The van der Waals surface area contributed by atoms with Gasteiger partial charge in [-0.3, -0.25) is 0 Å². The van der Waals surface area contributed by atoms with Gasteiger partial charge in [0, 0.05) is 0 Å². The molecule has 1 aromatic rings. The molecule has 2 heterocycles. The molecule has 0 aromatic heterocycles. The fourth-order valence-electron chi connectivity index (χ4n) is 1.59. The van der Waals surface area contributed by atoms with E-state index < -0.39 is 24.8 Å². The summed E-state index contributed by atoms with van der Waals surface area (Å²) in [5, 5.41) is 3.19. The van der Waals surface area contributed by atoms with Gasteiger partial charge >= 0.3 is 79.4 Å². The zero-order valence-electron chi connectivity index (χ0n) is 6.64. The molecule has 6 heteroatoms. The topological polar surface area (TPSA) is 82.4 Å². The summed E-state index contributed by atoms with van der Waals surface area (Å²) in [7, 11) is 0. The number of hydrogen-bond acceptors (Lipinski definition) is 4. The van der Waals surface area contributed by atoms with Gasteiger partial charge in [0.1, 0.15) is 0 Å². The van der Waals surface area contributed by atoms with Gasteiger partial charge in [0.05, 0.1) is 0 Å². The monoisotopic (exact) mass is 228 g/mol. The van der Waals surface area contributed by atoms with Crippen molar-refractivity contribution in [2.45, 2.75) is 0 Å². The first-order valence-corrected chi connectivity index (χ1v) is 6.07. The van der Waals surface area contributed by atoms with Gasteiger partial charge in [-0.1, -0.05) is 0 Å². The normalized spacial score (nSPS) is 20.0. The molecule has 0 fully saturated rings. The van der Waals surface area contributed by atoms with Gasteiger partial charge in [-0.25, -0.2) is 0 Å². The maximum absolute atomic E-state index is 11.3. The predicted molar refractivity (Wildman–Crippen MR) is 37.9 cm³/mol. The first-order chi connectivity index (χ1) is 6.53. The number of carbonyl (C=O) groups is 2. The molecule has 3 rings (SSSR count). The standard InChI is InChI=1S/C8H2NO2.Cr.2O/c10-7-5-3-1-2-4-6(5)8(11)9-7;;;/h1,3H;;;. The van der Waals surface area contributed by atoms with Crippen LogP contribution < -0.4 is 14.2 Å². The van der Waals surface area contributed by atoms with Crippen LogP contribution in [0, 0.1) is 0 Å². The van der Waals surface area contributed by atoms with E-state index in [-0.39, 0.29) is 20.0 Å². The summed E-state index contributed by atoms with van der Waals surface area (Å²) < 4.78 is 22.9. The number of imide groups is 1.